The van der Waals surface area contributed by atoms with E-state index in [0.717, 1.165) is 16.5 Å². The molecule has 0 N–H and O–H groups in total. The number of amides is 2. The van der Waals surface area contributed by atoms with Crippen LogP contribution in [0.4, 0.5) is 4.39 Å². The van der Waals surface area contributed by atoms with Crippen molar-refractivity contribution in [1.82, 2.24) is 4.90 Å². The largest absolute Gasteiger partial charge is 0.457 e. The SMILES string of the molecule is N#Cc1ccc(F)c(COC(=O)c2ccc3c(c2)C(=O)N(Cc2ccccc2)C3=O)c1. The summed E-state index contributed by atoms with van der Waals surface area (Å²) in [6.45, 7) is -0.244. The summed E-state index contributed by atoms with van der Waals surface area (Å²) < 4.78 is 19.0. The standard InChI is InChI=1S/C24H15FN2O4/c25-21-9-6-16(12-26)10-18(21)14-31-24(30)17-7-8-19-20(11-17)23(29)27(22(19)28)13-15-4-2-1-3-5-15/h1-11H,13-14H2. The molecule has 0 radical (unpaired) electrons. The number of imide groups is 1. The molecule has 0 saturated carbocycles. The summed E-state index contributed by atoms with van der Waals surface area (Å²) in [4.78, 5) is 38.9. The van der Waals surface area contributed by atoms with Crippen molar-refractivity contribution < 1.29 is 23.5 Å². The van der Waals surface area contributed by atoms with Gasteiger partial charge in [0.25, 0.3) is 11.8 Å². The number of nitriles is 1. The third-order valence-electron chi connectivity index (χ3n) is 4.92. The summed E-state index contributed by atoms with van der Waals surface area (Å²) in [5.41, 5.74) is 1.51. The van der Waals surface area contributed by atoms with Crippen molar-refractivity contribution >= 4 is 17.8 Å². The fourth-order valence-electron chi connectivity index (χ4n) is 3.31. The first-order valence-corrected chi connectivity index (χ1v) is 9.38. The third-order valence-corrected chi connectivity index (χ3v) is 4.92. The molecule has 0 unspecified atom stereocenters. The van der Waals surface area contributed by atoms with Gasteiger partial charge in [-0.15, -0.1) is 0 Å². The molecule has 0 fully saturated rings. The van der Waals surface area contributed by atoms with Crippen molar-refractivity contribution in [3.8, 4) is 6.07 Å². The molecule has 152 valence electrons. The minimum absolute atomic E-state index is 0.0638. The van der Waals surface area contributed by atoms with E-state index < -0.39 is 23.6 Å². The zero-order chi connectivity index (χ0) is 22.0. The average Bonchev–Trinajstić information content (AvgIpc) is 3.03. The van der Waals surface area contributed by atoms with Crippen molar-refractivity contribution in [3.63, 3.8) is 0 Å². The van der Waals surface area contributed by atoms with Crippen LogP contribution in [0.2, 0.25) is 0 Å². The highest BCUT2D eigenvalue weighted by Gasteiger charge is 2.36. The Morgan fingerprint density at radius 1 is 0.968 bits per heavy atom. The monoisotopic (exact) mass is 414 g/mol. The van der Waals surface area contributed by atoms with Crippen molar-refractivity contribution in [2.45, 2.75) is 13.2 Å². The molecule has 0 spiro atoms. The Labute approximate surface area is 177 Å². The van der Waals surface area contributed by atoms with Gasteiger partial charge in [-0.3, -0.25) is 14.5 Å². The lowest BCUT2D eigenvalue weighted by Gasteiger charge is -2.13. The summed E-state index contributed by atoms with van der Waals surface area (Å²) in [6.07, 6.45) is 0. The van der Waals surface area contributed by atoms with E-state index in [9.17, 15) is 18.8 Å². The number of ether oxygens (including phenoxy) is 1. The van der Waals surface area contributed by atoms with Gasteiger partial charge in [0.1, 0.15) is 12.4 Å². The number of carbonyl (C=O) groups excluding carboxylic acids is 3. The van der Waals surface area contributed by atoms with Gasteiger partial charge in [-0.05, 0) is 42.0 Å². The number of rotatable bonds is 5. The number of esters is 1. The lowest BCUT2D eigenvalue weighted by molar-refractivity contribution is 0.0468. The molecule has 1 aliphatic rings. The zero-order valence-corrected chi connectivity index (χ0v) is 16.2. The van der Waals surface area contributed by atoms with E-state index in [4.69, 9.17) is 10.00 Å². The van der Waals surface area contributed by atoms with Gasteiger partial charge in [0.15, 0.2) is 0 Å². The number of carbonyl (C=O) groups is 3. The first-order chi connectivity index (χ1) is 15.0. The first-order valence-electron chi connectivity index (χ1n) is 9.38. The van der Waals surface area contributed by atoms with E-state index >= 15 is 0 Å². The molecule has 0 atom stereocenters. The second-order valence-electron chi connectivity index (χ2n) is 6.94. The van der Waals surface area contributed by atoms with Gasteiger partial charge in [0, 0.05) is 5.56 Å². The van der Waals surface area contributed by atoms with Gasteiger partial charge in [-0.1, -0.05) is 30.3 Å². The quantitative estimate of drug-likeness (QED) is 0.467. The van der Waals surface area contributed by atoms with E-state index in [0.29, 0.717) is 0 Å². The topological polar surface area (TPSA) is 87.5 Å². The molecule has 2 amide bonds. The number of hydrogen-bond acceptors (Lipinski definition) is 5. The molecule has 1 aliphatic heterocycles. The van der Waals surface area contributed by atoms with E-state index in [2.05, 4.69) is 0 Å². The molecule has 1 heterocycles. The van der Waals surface area contributed by atoms with Crippen molar-refractivity contribution in [3.05, 3.63) is 106 Å². The van der Waals surface area contributed by atoms with Crippen LogP contribution >= 0.6 is 0 Å². The van der Waals surface area contributed by atoms with Crippen molar-refractivity contribution in [2.24, 2.45) is 0 Å². The minimum Gasteiger partial charge on any atom is -0.457 e. The van der Waals surface area contributed by atoms with Crippen LogP contribution in [0.15, 0.2) is 66.7 Å². The summed E-state index contributed by atoms with van der Waals surface area (Å²) in [5.74, 6) is -2.30. The Hall–Kier alpha value is -4.31. The summed E-state index contributed by atoms with van der Waals surface area (Å²) >= 11 is 0. The molecule has 31 heavy (non-hydrogen) atoms. The van der Waals surface area contributed by atoms with Crippen LogP contribution in [0.5, 0.6) is 0 Å². The Morgan fingerprint density at radius 3 is 2.45 bits per heavy atom. The third kappa shape index (κ3) is 3.91. The fourth-order valence-corrected chi connectivity index (χ4v) is 3.31. The smallest absolute Gasteiger partial charge is 0.338 e. The van der Waals surface area contributed by atoms with Gasteiger partial charge >= 0.3 is 5.97 Å². The van der Waals surface area contributed by atoms with Gasteiger partial charge in [0.05, 0.1) is 34.9 Å². The Balaban J connectivity index is 1.50. The number of hydrogen-bond donors (Lipinski definition) is 0. The number of fused-ring (bicyclic) bond motifs is 1. The van der Waals surface area contributed by atoms with Crippen LogP contribution in [0, 0.1) is 17.1 Å². The summed E-state index contributed by atoms with van der Waals surface area (Å²) in [7, 11) is 0. The molecule has 0 aromatic heterocycles. The van der Waals surface area contributed by atoms with E-state index in [-0.39, 0.29) is 41.0 Å². The predicted octanol–water partition coefficient (Wildman–Crippen LogP) is 3.85. The second kappa shape index (κ2) is 8.20. The Bertz CT molecular complexity index is 1250. The van der Waals surface area contributed by atoms with Crippen LogP contribution in [-0.4, -0.2) is 22.7 Å². The van der Waals surface area contributed by atoms with Crippen LogP contribution < -0.4 is 0 Å². The molecule has 3 aromatic carbocycles. The van der Waals surface area contributed by atoms with E-state index in [1.807, 2.05) is 36.4 Å². The number of halogens is 1. The molecule has 6 nitrogen and oxygen atoms in total. The minimum atomic E-state index is -0.772. The normalized spacial score (nSPS) is 12.5. The molecule has 7 heteroatoms. The van der Waals surface area contributed by atoms with Crippen molar-refractivity contribution in [2.75, 3.05) is 0 Å². The molecular weight excluding hydrogens is 399 g/mol. The maximum Gasteiger partial charge on any atom is 0.338 e. The first kappa shape index (κ1) is 20.0. The lowest BCUT2D eigenvalue weighted by atomic mass is 10.1. The lowest BCUT2D eigenvalue weighted by Crippen LogP contribution is -2.29. The molecule has 0 saturated heterocycles. The Morgan fingerprint density at radius 2 is 1.71 bits per heavy atom. The van der Waals surface area contributed by atoms with Gasteiger partial charge in [0.2, 0.25) is 0 Å². The summed E-state index contributed by atoms with van der Waals surface area (Å²) in [5, 5.41) is 8.92. The Kier molecular flexibility index (Phi) is 5.29. The van der Waals surface area contributed by atoms with Crippen LogP contribution in [-0.2, 0) is 17.9 Å². The molecule has 4 rings (SSSR count). The zero-order valence-electron chi connectivity index (χ0n) is 16.2. The van der Waals surface area contributed by atoms with E-state index in [1.165, 1.54) is 30.3 Å². The maximum absolute atomic E-state index is 13.9. The summed E-state index contributed by atoms with van der Waals surface area (Å²) in [6, 6.07) is 18.9. The van der Waals surface area contributed by atoms with Gasteiger partial charge in [-0.2, -0.15) is 5.26 Å². The molecular formula is C24H15FN2O4. The number of benzene rings is 3. The van der Waals surface area contributed by atoms with Crippen LogP contribution in [0.25, 0.3) is 0 Å². The van der Waals surface area contributed by atoms with Gasteiger partial charge in [-0.25, -0.2) is 9.18 Å². The average molecular weight is 414 g/mol. The maximum atomic E-state index is 13.9. The second-order valence-corrected chi connectivity index (χ2v) is 6.94. The van der Waals surface area contributed by atoms with Crippen molar-refractivity contribution in [1.29, 1.82) is 5.26 Å². The van der Waals surface area contributed by atoms with Crippen LogP contribution in [0.1, 0.15) is 47.8 Å². The van der Waals surface area contributed by atoms with E-state index in [1.54, 1.807) is 0 Å². The predicted molar refractivity (Wildman–Crippen MR) is 107 cm³/mol. The van der Waals surface area contributed by atoms with Gasteiger partial charge < -0.3 is 4.74 Å². The molecule has 0 bridgehead atoms. The number of nitrogens with zero attached hydrogens (tertiary/aromatic N) is 2. The highest BCUT2D eigenvalue weighted by Crippen LogP contribution is 2.26. The highest BCUT2D eigenvalue weighted by atomic mass is 19.1. The van der Waals surface area contributed by atoms with Crippen LogP contribution in [0.3, 0.4) is 0 Å². The molecule has 0 aliphatic carbocycles. The molecule has 3 aromatic rings. The fraction of sp³-hybridized carbons (Fsp3) is 0.0833. The highest BCUT2D eigenvalue weighted by molar-refractivity contribution is 6.21.